The molecule has 0 bridgehead atoms. The zero-order chi connectivity index (χ0) is 7.82. The smallest absolute Gasteiger partial charge is 0.0402 e. The molecule has 0 aliphatic carbocycles. The molecular weight excluding hydrogens is 239 g/mol. The third-order valence-electron chi connectivity index (χ3n) is 0.733. The summed E-state index contributed by atoms with van der Waals surface area (Å²) in [5.41, 5.74) is 0. The Morgan fingerprint density at radius 3 is 1.90 bits per heavy atom. The molecule has 1 aromatic rings. The van der Waals surface area contributed by atoms with Gasteiger partial charge in [-0.05, 0) is 41.6 Å². The van der Waals surface area contributed by atoms with Gasteiger partial charge in [-0.15, -0.1) is 0 Å². The number of aliphatic hydroxyl groups is 1. The molecule has 10 heavy (non-hydrogen) atoms. The van der Waals surface area contributed by atoms with Gasteiger partial charge in [0.25, 0.3) is 0 Å². The number of rotatable bonds is 0. The number of halogens is 1. The number of hydrogen-bond acceptors (Lipinski definition) is 1. The van der Waals surface area contributed by atoms with E-state index >= 15 is 0 Å². The fraction of sp³-hybridized carbons (Fsp3) is 0.250. The van der Waals surface area contributed by atoms with Gasteiger partial charge in [-0.25, -0.2) is 0 Å². The molecule has 1 N–H and O–H groups in total. The van der Waals surface area contributed by atoms with E-state index in [9.17, 15) is 0 Å². The lowest BCUT2D eigenvalue weighted by Crippen LogP contribution is -1.61. The van der Waals surface area contributed by atoms with Gasteiger partial charge in [0.05, 0.1) is 0 Å². The summed E-state index contributed by atoms with van der Waals surface area (Å²) in [6.45, 7) is 1.93. The second kappa shape index (κ2) is 7.02. The van der Waals surface area contributed by atoms with Gasteiger partial charge in [0.1, 0.15) is 0 Å². The van der Waals surface area contributed by atoms with E-state index in [1.165, 1.54) is 3.57 Å². The van der Waals surface area contributed by atoms with E-state index in [1.807, 2.05) is 18.2 Å². The van der Waals surface area contributed by atoms with Gasteiger partial charge in [-0.1, -0.05) is 18.2 Å². The van der Waals surface area contributed by atoms with Crippen molar-refractivity contribution in [1.82, 2.24) is 0 Å². The summed E-state index contributed by atoms with van der Waals surface area (Å²) in [7, 11) is 0. The zero-order valence-electron chi connectivity index (χ0n) is 5.92. The van der Waals surface area contributed by atoms with Gasteiger partial charge < -0.3 is 5.11 Å². The normalized spacial score (nSPS) is 7.90. The van der Waals surface area contributed by atoms with Crippen LogP contribution in [0.5, 0.6) is 0 Å². The largest absolute Gasteiger partial charge is 0.397 e. The Bertz CT molecular complexity index is 151. The predicted octanol–water partition coefficient (Wildman–Crippen LogP) is 2.29. The lowest BCUT2D eigenvalue weighted by Gasteiger charge is -1.80. The second-order valence-corrected chi connectivity index (χ2v) is 2.86. The van der Waals surface area contributed by atoms with Gasteiger partial charge in [0, 0.05) is 10.2 Å². The number of hydrogen-bond donors (Lipinski definition) is 1. The van der Waals surface area contributed by atoms with Crippen molar-refractivity contribution in [1.29, 1.82) is 0 Å². The highest BCUT2D eigenvalue weighted by molar-refractivity contribution is 14.1. The van der Waals surface area contributed by atoms with Crippen molar-refractivity contribution in [3.8, 4) is 0 Å². The molecule has 2 heteroatoms. The van der Waals surface area contributed by atoms with E-state index in [2.05, 4.69) is 34.7 Å². The zero-order valence-corrected chi connectivity index (χ0v) is 8.08. The summed E-state index contributed by atoms with van der Waals surface area (Å²) in [6.07, 6.45) is 0. The third-order valence-corrected chi connectivity index (χ3v) is 1.45. The first kappa shape index (κ1) is 9.91. The van der Waals surface area contributed by atoms with Crippen LogP contribution in [0.15, 0.2) is 30.3 Å². The van der Waals surface area contributed by atoms with Crippen LogP contribution < -0.4 is 0 Å². The summed E-state index contributed by atoms with van der Waals surface area (Å²) in [6, 6.07) is 10.2. The molecule has 0 saturated heterocycles. The van der Waals surface area contributed by atoms with E-state index in [0.717, 1.165) is 0 Å². The Morgan fingerprint density at radius 1 is 1.30 bits per heavy atom. The molecule has 0 atom stereocenters. The summed E-state index contributed by atoms with van der Waals surface area (Å²) in [5.74, 6) is 0. The molecular formula is C8H11IO. The van der Waals surface area contributed by atoms with Crippen molar-refractivity contribution in [2.24, 2.45) is 0 Å². The minimum absolute atomic E-state index is 0.250. The monoisotopic (exact) mass is 250 g/mol. The maximum atomic E-state index is 7.57. The summed E-state index contributed by atoms with van der Waals surface area (Å²) < 4.78 is 1.29. The quantitative estimate of drug-likeness (QED) is 0.700. The molecule has 0 aliphatic heterocycles. The van der Waals surface area contributed by atoms with Crippen LogP contribution in [-0.2, 0) is 0 Å². The van der Waals surface area contributed by atoms with E-state index in [0.29, 0.717) is 0 Å². The summed E-state index contributed by atoms with van der Waals surface area (Å²) in [5, 5.41) is 7.57. The van der Waals surface area contributed by atoms with Gasteiger partial charge in [-0.2, -0.15) is 0 Å². The van der Waals surface area contributed by atoms with Gasteiger partial charge >= 0.3 is 0 Å². The molecule has 0 aliphatic rings. The Hall–Kier alpha value is -0.0900. The van der Waals surface area contributed by atoms with Gasteiger partial charge in [0.2, 0.25) is 0 Å². The highest BCUT2D eigenvalue weighted by Crippen LogP contribution is 1.99. The lowest BCUT2D eigenvalue weighted by atomic mass is 10.4. The fourth-order valence-electron chi connectivity index (χ4n) is 0.415. The lowest BCUT2D eigenvalue weighted by molar-refractivity contribution is 0.318. The van der Waals surface area contributed by atoms with E-state index in [1.54, 1.807) is 6.92 Å². The van der Waals surface area contributed by atoms with Gasteiger partial charge in [-0.3, -0.25) is 0 Å². The predicted molar refractivity (Wildman–Crippen MR) is 51.9 cm³/mol. The fourth-order valence-corrected chi connectivity index (χ4v) is 0.830. The van der Waals surface area contributed by atoms with Crippen molar-refractivity contribution in [2.75, 3.05) is 6.61 Å². The van der Waals surface area contributed by atoms with Gasteiger partial charge in [0.15, 0.2) is 0 Å². The molecule has 56 valence electrons. The minimum Gasteiger partial charge on any atom is -0.397 e. The maximum absolute atomic E-state index is 7.57. The van der Waals surface area contributed by atoms with E-state index in [4.69, 9.17) is 5.11 Å². The average molecular weight is 250 g/mol. The third kappa shape index (κ3) is 6.04. The Balaban J connectivity index is 0.000000236. The van der Waals surface area contributed by atoms with Crippen LogP contribution in [0, 0.1) is 3.57 Å². The molecule has 0 spiro atoms. The van der Waals surface area contributed by atoms with Crippen LogP contribution in [0.3, 0.4) is 0 Å². The molecule has 0 aromatic heterocycles. The molecule has 0 radical (unpaired) electrons. The standard InChI is InChI=1S/C6H5I.C2H6O/c7-6-4-2-1-3-5-6;1-2-3/h1-5H;3H,2H2,1H3. The van der Waals surface area contributed by atoms with E-state index < -0.39 is 0 Å². The van der Waals surface area contributed by atoms with E-state index in [-0.39, 0.29) is 6.61 Å². The molecule has 0 amide bonds. The minimum atomic E-state index is 0.250. The summed E-state index contributed by atoms with van der Waals surface area (Å²) in [4.78, 5) is 0. The highest BCUT2D eigenvalue weighted by atomic mass is 127. The van der Waals surface area contributed by atoms with Crippen molar-refractivity contribution >= 4 is 22.6 Å². The molecule has 0 saturated carbocycles. The van der Waals surface area contributed by atoms with Crippen molar-refractivity contribution in [2.45, 2.75) is 6.92 Å². The average Bonchev–Trinajstić information content (AvgIpc) is 1.91. The van der Waals surface area contributed by atoms with Crippen LogP contribution in [0.2, 0.25) is 0 Å². The van der Waals surface area contributed by atoms with Crippen molar-refractivity contribution in [3.63, 3.8) is 0 Å². The van der Waals surface area contributed by atoms with Crippen LogP contribution in [0.1, 0.15) is 6.92 Å². The molecule has 0 fully saturated rings. The first-order valence-electron chi connectivity index (χ1n) is 3.12. The highest BCUT2D eigenvalue weighted by Gasteiger charge is 1.74. The molecule has 1 nitrogen and oxygen atoms in total. The van der Waals surface area contributed by atoms with Crippen LogP contribution in [0.25, 0.3) is 0 Å². The molecule has 1 aromatic carbocycles. The molecule has 0 unspecified atom stereocenters. The van der Waals surface area contributed by atoms with Crippen LogP contribution in [0.4, 0.5) is 0 Å². The molecule has 0 heterocycles. The Labute approximate surface area is 75.2 Å². The molecule has 1 rings (SSSR count). The Kier molecular flexibility index (Phi) is 6.96. The topological polar surface area (TPSA) is 20.2 Å². The van der Waals surface area contributed by atoms with Crippen LogP contribution in [-0.4, -0.2) is 11.7 Å². The first-order valence-corrected chi connectivity index (χ1v) is 4.20. The first-order chi connectivity index (χ1) is 4.81. The summed E-state index contributed by atoms with van der Waals surface area (Å²) >= 11 is 2.28. The van der Waals surface area contributed by atoms with Crippen molar-refractivity contribution in [3.05, 3.63) is 33.9 Å². The number of benzene rings is 1. The second-order valence-electron chi connectivity index (χ2n) is 1.61. The maximum Gasteiger partial charge on any atom is 0.0402 e. The SMILES string of the molecule is CCO.Ic1ccccc1. The Morgan fingerprint density at radius 2 is 1.70 bits per heavy atom. The van der Waals surface area contributed by atoms with Crippen LogP contribution >= 0.6 is 22.6 Å². The van der Waals surface area contributed by atoms with Crippen molar-refractivity contribution < 1.29 is 5.11 Å². The number of aliphatic hydroxyl groups excluding tert-OH is 1.